The highest BCUT2D eigenvalue weighted by molar-refractivity contribution is 5.73. The van der Waals surface area contributed by atoms with Crippen LogP contribution in [0.1, 0.15) is 18.4 Å². The number of aromatic nitrogens is 1. The summed E-state index contributed by atoms with van der Waals surface area (Å²) in [6, 6.07) is 7.92. The van der Waals surface area contributed by atoms with E-state index in [1.807, 2.05) is 18.2 Å². The standard InChI is InChI=1S/C14H17N3O2/c1-17-12-10-11(4-5-13(12)19-14(17)18)6-9-16-8-3-2-7-15/h4-5,10,16H,2-3,6,8-9H2,1H3. The van der Waals surface area contributed by atoms with Crippen molar-refractivity contribution >= 4 is 11.1 Å². The Morgan fingerprint density at radius 1 is 1.42 bits per heavy atom. The van der Waals surface area contributed by atoms with Crippen LogP contribution in [0.5, 0.6) is 0 Å². The van der Waals surface area contributed by atoms with E-state index in [0.717, 1.165) is 37.0 Å². The van der Waals surface area contributed by atoms with E-state index in [1.54, 1.807) is 7.05 Å². The molecule has 19 heavy (non-hydrogen) atoms. The van der Waals surface area contributed by atoms with Crippen molar-refractivity contribution in [3.63, 3.8) is 0 Å². The van der Waals surface area contributed by atoms with Crippen LogP contribution in [-0.2, 0) is 13.5 Å². The Bertz CT molecular complexity index is 649. The number of hydrogen-bond donors (Lipinski definition) is 1. The monoisotopic (exact) mass is 259 g/mol. The van der Waals surface area contributed by atoms with Crippen molar-refractivity contribution in [3.8, 4) is 6.07 Å². The van der Waals surface area contributed by atoms with E-state index in [1.165, 1.54) is 4.57 Å². The maximum absolute atomic E-state index is 11.4. The fraction of sp³-hybridized carbons (Fsp3) is 0.429. The zero-order valence-electron chi connectivity index (χ0n) is 11.0. The number of oxazole rings is 1. The Morgan fingerprint density at radius 2 is 2.26 bits per heavy atom. The second-order valence-corrected chi connectivity index (χ2v) is 4.49. The molecule has 0 amide bonds. The van der Waals surface area contributed by atoms with Crippen molar-refractivity contribution in [2.75, 3.05) is 13.1 Å². The predicted octanol–water partition coefficient (Wildman–Crippen LogP) is 1.57. The molecule has 0 radical (unpaired) electrons. The van der Waals surface area contributed by atoms with E-state index in [-0.39, 0.29) is 5.76 Å². The summed E-state index contributed by atoms with van der Waals surface area (Å²) in [4.78, 5) is 11.4. The van der Waals surface area contributed by atoms with Crippen LogP contribution in [-0.4, -0.2) is 17.7 Å². The average molecular weight is 259 g/mol. The minimum atomic E-state index is -0.332. The molecule has 0 saturated heterocycles. The summed E-state index contributed by atoms with van der Waals surface area (Å²) in [7, 11) is 1.71. The summed E-state index contributed by atoms with van der Waals surface area (Å²) in [5.74, 6) is -0.332. The third-order valence-electron chi connectivity index (χ3n) is 3.09. The van der Waals surface area contributed by atoms with Crippen LogP contribution >= 0.6 is 0 Å². The molecule has 0 bridgehead atoms. The number of nitrogens with zero attached hydrogens (tertiary/aromatic N) is 2. The largest absolute Gasteiger partial charge is 0.419 e. The molecule has 1 aromatic carbocycles. The van der Waals surface area contributed by atoms with Gasteiger partial charge in [0.05, 0.1) is 11.6 Å². The molecule has 0 aliphatic rings. The Balaban J connectivity index is 1.93. The van der Waals surface area contributed by atoms with Gasteiger partial charge >= 0.3 is 5.76 Å². The van der Waals surface area contributed by atoms with E-state index in [4.69, 9.17) is 9.68 Å². The van der Waals surface area contributed by atoms with Crippen molar-refractivity contribution in [2.45, 2.75) is 19.3 Å². The van der Waals surface area contributed by atoms with Crippen molar-refractivity contribution in [1.29, 1.82) is 5.26 Å². The second-order valence-electron chi connectivity index (χ2n) is 4.49. The third kappa shape index (κ3) is 3.24. The molecule has 0 unspecified atom stereocenters. The van der Waals surface area contributed by atoms with Crippen LogP contribution in [0.25, 0.3) is 11.1 Å². The van der Waals surface area contributed by atoms with Crippen molar-refractivity contribution in [2.24, 2.45) is 7.05 Å². The van der Waals surface area contributed by atoms with Gasteiger partial charge < -0.3 is 9.73 Å². The normalized spacial score (nSPS) is 10.7. The number of rotatable bonds is 6. The molecule has 2 rings (SSSR count). The maximum atomic E-state index is 11.4. The Hall–Kier alpha value is -2.06. The molecular weight excluding hydrogens is 242 g/mol. The average Bonchev–Trinajstić information content (AvgIpc) is 2.70. The van der Waals surface area contributed by atoms with Gasteiger partial charge in [0.2, 0.25) is 0 Å². The number of hydrogen-bond acceptors (Lipinski definition) is 4. The molecule has 1 N–H and O–H groups in total. The molecule has 100 valence electrons. The topological polar surface area (TPSA) is 71.0 Å². The minimum absolute atomic E-state index is 0.332. The molecule has 5 nitrogen and oxygen atoms in total. The number of aryl methyl sites for hydroxylation is 1. The van der Waals surface area contributed by atoms with Crippen molar-refractivity contribution in [3.05, 3.63) is 34.3 Å². The molecule has 1 heterocycles. The van der Waals surface area contributed by atoms with Gasteiger partial charge in [0.25, 0.3) is 0 Å². The maximum Gasteiger partial charge on any atom is 0.419 e. The summed E-state index contributed by atoms with van der Waals surface area (Å²) in [5, 5.41) is 11.7. The highest BCUT2D eigenvalue weighted by Gasteiger charge is 2.05. The van der Waals surface area contributed by atoms with E-state index < -0.39 is 0 Å². The van der Waals surface area contributed by atoms with Gasteiger partial charge in [-0.05, 0) is 43.6 Å². The van der Waals surface area contributed by atoms with Crippen molar-refractivity contribution in [1.82, 2.24) is 9.88 Å². The van der Waals surface area contributed by atoms with Gasteiger partial charge in [0.1, 0.15) is 0 Å². The van der Waals surface area contributed by atoms with Crippen molar-refractivity contribution < 1.29 is 4.42 Å². The first-order valence-electron chi connectivity index (χ1n) is 6.38. The number of benzene rings is 1. The number of unbranched alkanes of at least 4 members (excludes halogenated alkanes) is 1. The van der Waals surface area contributed by atoms with Crippen LogP contribution in [0.4, 0.5) is 0 Å². The minimum Gasteiger partial charge on any atom is -0.408 e. The summed E-state index contributed by atoms with van der Waals surface area (Å²) < 4.78 is 6.60. The van der Waals surface area contributed by atoms with Gasteiger partial charge in [-0.3, -0.25) is 4.57 Å². The van der Waals surface area contributed by atoms with E-state index in [2.05, 4.69) is 11.4 Å². The van der Waals surface area contributed by atoms with Gasteiger partial charge in [-0.15, -0.1) is 0 Å². The molecular formula is C14H17N3O2. The zero-order valence-corrected chi connectivity index (χ0v) is 11.0. The lowest BCUT2D eigenvalue weighted by atomic mass is 10.1. The molecule has 0 saturated carbocycles. The van der Waals surface area contributed by atoms with Gasteiger partial charge in [-0.2, -0.15) is 5.26 Å². The fourth-order valence-electron chi connectivity index (χ4n) is 1.98. The molecule has 0 aliphatic heterocycles. The summed E-state index contributed by atoms with van der Waals surface area (Å²) >= 11 is 0. The van der Waals surface area contributed by atoms with E-state index >= 15 is 0 Å². The molecule has 1 aromatic heterocycles. The SMILES string of the molecule is Cn1c(=O)oc2ccc(CCNCCCC#N)cc21. The van der Waals surface area contributed by atoms with Crippen LogP contribution in [0.3, 0.4) is 0 Å². The van der Waals surface area contributed by atoms with Gasteiger partial charge in [0.15, 0.2) is 5.58 Å². The van der Waals surface area contributed by atoms with E-state index in [9.17, 15) is 4.79 Å². The predicted molar refractivity (Wildman–Crippen MR) is 72.9 cm³/mol. The molecule has 0 aliphatic carbocycles. The zero-order chi connectivity index (χ0) is 13.7. The van der Waals surface area contributed by atoms with Crippen LogP contribution in [0.15, 0.2) is 27.4 Å². The molecule has 0 atom stereocenters. The Morgan fingerprint density at radius 3 is 3.05 bits per heavy atom. The highest BCUT2D eigenvalue weighted by atomic mass is 16.4. The highest BCUT2D eigenvalue weighted by Crippen LogP contribution is 2.14. The smallest absolute Gasteiger partial charge is 0.408 e. The molecule has 0 fully saturated rings. The fourth-order valence-corrected chi connectivity index (χ4v) is 1.98. The number of fused-ring (bicyclic) bond motifs is 1. The third-order valence-corrected chi connectivity index (χ3v) is 3.09. The molecule has 0 spiro atoms. The summed E-state index contributed by atoms with van der Waals surface area (Å²) in [6.07, 6.45) is 2.36. The lowest BCUT2D eigenvalue weighted by Gasteiger charge is -2.04. The van der Waals surface area contributed by atoms with Gasteiger partial charge in [0, 0.05) is 13.5 Å². The Labute approximate surface area is 111 Å². The lowest BCUT2D eigenvalue weighted by Crippen LogP contribution is -2.18. The lowest BCUT2D eigenvalue weighted by molar-refractivity contribution is 0.528. The summed E-state index contributed by atoms with van der Waals surface area (Å²) in [6.45, 7) is 1.72. The molecule has 5 heteroatoms. The van der Waals surface area contributed by atoms with Crippen LogP contribution < -0.4 is 11.1 Å². The Kier molecular flexibility index (Phi) is 4.37. The first kappa shape index (κ1) is 13.4. The number of nitriles is 1. The first-order valence-corrected chi connectivity index (χ1v) is 6.38. The van der Waals surface area contributed by atoms with E-state index in [0.29, 0.717) is 12.0 Å². The van der Waals surface area contributed by atoms with Crippen LogP contribution in [0.2, 0.25) is 0 Å². The first-order chi connectivity index (χ1) is 9.22. The van der Waals surface area contributed by atoms with Crippen LogP contribution in [0, 0.1) is 11.3 Å². The number of nitrogens with one attached hydrogen (secondary N) is 1. The second kappa shape index (κ2) is 6.21. The van der Waals surface area contributed by atoms with Gasteiger partial charge in [-0.1, -0.05) is 6.07 Å². The molecule has 2 aromatic rings. The quantitative estimate of drug-likeness (QED) is 0.799. The van der Waals surface area contributed by atoms with Gasteiger partial charge in [-0.25, -0.2) is 4.79 Å². The summed E-state index contributed by atoms with van der Waals surface area (Å²) in [5.41, 5.74) is 2.61.